The maximum Gasteiger partial charge on any atom is 0.251 e. The van der Waals surface area contributed by atoms with Crippen molar-refractivity contribution in [1.29, 1.82) is 0 Å². The van der Waals surface area contributed by atoms with Crippen molar-refractivity contribution in [3.05, 3.63) is 57.8 Å². The van der Waals surface area contributed by atoms with E-state index in [-0.39, 0.29) is 11.9 Å². The van der Waals surface area contributed by atoms with Crippen molar-refractivity contribution in [3.63, 3.8) is 0 Å². The molecule has 0 fully saturated rings. The molecule has 2 rings (SSSR count). The number of carbonyl (C=O) groups excluding carboxylic acids is 1. The fourth-order valence-electron chi connectivity index (χ4n) is 2.29. The molecule has 0 spiro atoms. The highest BCUT2D eigenvalue weighted by molar-refractivity contribution is 7.10. The number of carbonyl (C=O) groups is 1. The second kappa shape index (κ2) is 7.96. The SMILES string of the molecule is CCCC(NC(=O)c1ccc(CCN)cc1)c1cccs1. The van der Waals surface area contributed by atoms with Gasteiger partial charge in [0.25, 0.3) is 5.91 Å². The van der Waals surface area contributed by atoms with E-state index in [9.17, 15) is 4.79 Å². The van der Waals surface area contributed by atoms with Crippen LogP contribution in [-0.2, 0) is 6.42 Å². The number of nitrogens with one attached hydrogen (secondary N) is 1. The molecule has 1 atom stereocenters. The molecule has 4 heteroatoms. The van der Waals surface area contributed by atoms with Gasteiger partial charge in [-0.1, -0.05) is 31.5 Å². The summed E-state index contributed by atoms with van der Waals surface area (Å²) in [4.78, 5) is 13.6. The average molecular weight is 302 g/mol. The third kappa shape index (κ3) is 4.41. The predicted molar refractivity (Wildman–Crippen MR) is 88.6 cm³/mol. The molecule has 0 radical (unpaired) electrons. The Kier molecular flexibility index (Phi) is 5.96. The van der Waals surface area contributed by atoms with E-state index in [1.165, 1.54) is 4.88 Å². The Bertz CT molecular complexity index is 549. The standard InChI is InChI=1S/C17H22N2OS/c1-2-4-15(16-5-3-12-21-16)19-17(20)14-8-6-13(7-9-14)10-11-18/h3,5-9,12,15H,2,4,10-11,18H2,1H3,(H,19,20). The van der Waals surface area contributed by atoms with Crippen LogP contribution >= 0.6 is 11.3 Å². The van der Waals surface area contributed by atoms with Gasteiger partial charge in [0.05, 0.1) is 6.04 Å². The lowest BCUT2D eigenvalue weighted by Crippen LogP contribution is -2.28. The number of rotatable bonds is 7. The summed E-state index contributed by atoms with van der Waals surface area (Å²) < 4.78 is 0. The van der Waals surface area contributed by atoms with Gasteiger partial charge in [-0.2, -0.15) is 0 Å². The molecule has 2 aromatic rings. The van der Waals surface area contributed by atoms with Crippen LogP contribution in [0.15, 0.2) is 41.8 Å². The summed E-state index contributed by atoms with van der Waals surface area (Å²) in [6, 6.07) is 11.9. The van der Waals surface area contributed by atoms with Crippen LogP contribution in [0, 0.1) is 0 Å². The summed E-state index contributed by atoms with van der Waals surface area (Å²) in [7, 11) is 0. The van der Waals surface area contributed by atoms with Crippen LogP contribution < -0.4 is 11.1 Å². The Hall–Kier alpha value is -1.65. The molecule has 112 valence electrons. The largest absolute Gasteiger partial charge is 0.344 e. The van der Waals surface area contributed by atoms with Gasteiger partial charge < -0.3 is 11.1 Å². The number of hydrogen-bond donors (Lipinski definition) is 2. The molecule has 1 amide bonds. The molecule has 3 N–H and O–H groups in total. The second-order valence-corrected chi connectivity index (χ2v) is 6.05. The van der Waals surface area contributed by atoms with Crippen molar-refractivity contribution < 1.29 is 4.79 Å². The van der Waals surface area contributed by atoms with Crippen LogP contribution in [0.5, 0.6) is 0 Å². The third-order valence-corrected chi connectivity index (χ3v) is 4.40. The highest BCUT2D eigenvalue weighted by Gasteiger charge is 2.15. The Morgan fingerprint density at radius 1 is 1.29 bits per heavy atom. The maximum absolute atomic E-state index is 12.4. The summed E-state index contributed by atoms with van der Waals surface area (Å²) in [6.07, 6.45) is 2.84. The van der Waals surface area contributed by atoms with Gasteiger partial charge in [-0.25, -0.2) is 0 Å². The normalized spacial score (nSPS) is 12.1. The van der Waals surface area contributed by atoms with Gasteiger partial charge >= 0.3 is 0 Å². The third-order valence-electron chi connectivity index (χ3n) is 3.42. The predicted octanol–water partition coefficient (Wildman–Crippen LogP) is 3.52. The number of benzene rings is 1. The highest BCUT2D eigenvalue weighted by atomic mass is 32.1. The summed E-state index contributed by atoms with van der Waals surface area (Å²) in [5.41, 5.74) is 7.40. The minimum Gasteiger partial charge on any atom is -0.344 e. The molecule has 0 aliphatic heterocycles. The fraction of sp³-hybridized carbons (Fsp3) is 0.353. The molecule has 0 aliphatic carbocycles. The molecule has 0 saturated heterocycles. The first-order chi connectivity index (χ1) is 10.2. The molecule has 21 heavy (non-hydrogen) atoms. The van der Waals surface area contributed by atoms with E-state index in [4.69, 9.17) is 5.73 Å². The first-order valence-electron chi connectivity index (χ1n) is 7.38. The Balaban J connectivity index is 2.04. The first-order valence-corrected chi connectivity index (χ1v) is 8.25. The number of thiophene rings is 1. The van der Waals surface area contributed by atoms with Gasteiger partial charge in [-0.05, 0) is 48.5 Å². The summed E-state index contributed by atoms with van der Waals surface area (Å²) >= 11 is 1.69. The van der Waals surface area contributed by atoms with Gasteiger partial charge in [-0.3, -0.25) is 4.79 Å². The Morgan fingerprint density at radius 3 is 2.62 bits per heavy atom. The second-order valence-electron chi connectivity index (χ2n) is 5.07. The zero-order valence-corrected chi connectivity index (χ0v) is 13.2. The summed E-state index contributed by atoms with van der Waals surface area (Å²) in [6.45, 7) is 2.76. The van der Waals surface area contributed by atoms with E-state index < -0.39 is 0 Å². The monoisotopic (exact) mass is 302 g/mol. The number of nitrogens with two attached hydrogens (primary N) is 1. The average Bonchev–Trinajstić information content (AvgIpc) is 3.02. The fourth-order valence-corrected chi connectivity index (χ4v) is 3.11. The van der Waals surface area contributed by atoms with Crippen LogP contribution in [0.4, 0.5) is 0 Å². The summed E-state index contributed by atoms with van der Waals surface area (Å²) in [5.74, 6) is -0.0128. The van der Waals surface area contributed by atoms with Gasteiger partial charge in [-0.15, -0.1) is 11.3 Å². The van der Waals surface area contributed by atoms with Crippen LogP contribution in [0.25, 0.3) is 0 Å². The minimum absolute atomic E-state index is 0.0128. The highest BCUT2D eigenvalue weighted by Crippen LogP contribution is 2.23. The minimum atomic E-state index is -0.0128. The molecular formula is C17H22N2OS. The zero-order chi connectivity index (χ0) is 15.1. The summed E-state index contributed by atoms with van der Waals surface area (Å²) in [5, 5.41) is 5.18. The molecular weight excluding hydrogens is 280 g/mol. The lowest BCUT2D eigenvalue weighted by Gasteiger charge is -2.17. The van der Waals surface area contributed by atoms with E-state index in [0.717, 1.165) is 24.8 Å². The lowest BCUT2D eigenvalue weighted by atomic mass is 10.1. The Morgan fingerprint density at radius 2 is 2.05 bits per heavy atom. The quantitative estimate of drug-likeness (QED) is 0.822. The van der Waals surface area contributed by atoms with E-state index in [0.29, 0.717) is 12.1 Å². The van der Waals surface area contributed by atoms with Crippen LogP contribution in [0.2, 0.25) is 0 Å². The van der Waals surface area contributed by atoms with Crippen LogP contribution in [0.1, 0.15) is 46.6 Å². The molecule has 1 heterocycles. The van der Waals surface area contributed by atoms with Crippen molar-refractivity contribution in [2.24, 2.45) is 5.73 Å². The van der Waals surface area contributed by atoms with Crippen molar-refractivity contribution in [2.75, 3.05) is 6.54 Å². The van der Waals surface area contributed by atoms with Gasteiger partial charge in [0.15, 0.2) is 0 Å². The van der Waals surface area contributed by atoms with Gasteiger partial charge in [0.2, 0.25) is 0 Å². The smallest absolute Gasteiger partial charge is 0.251 e. The van der Waals surface area contributed by atoms with Crippen LogP contribution in [0.3, 0.4) is 0 Å². The van der Waals surface area contributed by atoms with Crippen molar-refractivity contribution in [3.8, 4) is 0 Å². The van der Waals surface area contributed by atoms with E-state index >= 15 is 0 Å². The topological polar surface area (TPSA) is 55.1 Å². The maximum atomic E-state index is 12.4. The van der Waals surface area contributed by atoms with Gasteiger partial charge in [0.1, 0.15) is 0 Å². The zero-order valence-electron chi connectivity index (χ0n) is 12.3. The number of hydrogen-bond acceptors (Lipinski definition) is 3. The molecule has 0 saturated carbocycles. The van der Waals surface area contributed by atoms with Gasteiger partial charge in [0, 0.05) is 10.4 Å². The van der Waals surface area contributed by atoms with Crippen LogP contribution in [-0.4, -0.2) is 12.5 Å². The molecule has 0 aliphatic rings. The van der Waals surface area contributed by atoms with Crippen molar-refractivity contribution in [2.45, 2.75) is 32.2 Å². The Labute approximate surface area is 130 Å². The van der Waals surface area contributed by atoms with E-state index in [1.807, 2.05) is 35.7 Å². The molecule has 1 unspecified atom stereocenters. The molecule has 0 bridgehead atoms. The number of amides is 1. The molecule has 3 nitrogen and oxygen atoms in total. The van der Waals surface area contributed by atoms with E-state index in [1.54, 1.807) is 11.3 Å². The molecule has 1 aromatic heterocycles. The lowest BCUT2D eigenvalue weighted by molar-refractivity contribution is 0.0935. The van der Waals surface area contributed by atoms with Crippen molar-refractivity contribution >= 4 is 17.2 Å². The molecule has 1 aromatic carbocycles. The first kappa shape index (κ1) is 15.7. The van der Waals surface area contributed by atoms with E-state index in [2.05, 4.69) is 18.3 Å². The van der Waals surface area contributed by atoms with Crippen molar-refractivity contribution in [1.82, 2.24) is 5.32 Å².